The summed E-state index contributed by atoms with van der Waals surface area (Å²) in [4.78, 5) is 25.5. The third-order valence-electron chi connectivity index (χ3n) is 3.06. The summed E-state index contributed by atoms with van der Waals surface area (Å²) in [7, 11) is 1.71. The van der Waals surface area contributed by atoms with Crippen molar-refractivity contribution < 1.29 is 9.59 Å². The molecule has 104 valence electrons. The van der Waals surface area contributed by atoms with Crippen LogP contribution in [0.1, 0.15) is 19.8 Å². The van der Waals surface area contributed by atoms with Crippen molar-refractivity contribution in [3.05, 3.63) is 6.20 Å². The number of likely N-dealkylation sites (N-methyl/N-ethyl adjacent to an activating group) is 1. The van der Waals surface area contributed by atoms with E-state index >= 15 is 0 Å². The van der Waals surface area contributed by atoms with E-state index < -0.39 is 12.1 Å². The lowest BCUT2D eigenvalue weighted by Gasteiger charge is -2.31. The lowest BCUT2D eigenvalue weighted by Crippen LogP contribution is -2.53. The van der Waals surface area contributed by atoms with Crippen molar-refractivity contribution in [2.45, 2.75) is 25.8 Å². The van der Waals surface area contributed by atoms with Gasteiger partial charge in [0.2, 0.25) is 5.91 Å². The molecule has 19 heavy (non-hydrogen) atoms. The van der Waals surface area contributed by atoms with Crippen LogP contribution in [0.3, 0.4) is 0 Å². The standard InChI is InChI=1S/C11H18N6O2/c1-3-17-6-4-5-8(10(17)18)12-11(19)13-9-7-16(2)15-14-9/h7-8H,3-6H2,1-2H3,(H2,12,13,19). The van der Waals surface area contributed by atoms with Crippen LogP contribution >= 0.6 is 0 Å². The number of nitrogens with one attached hydrogen (secondary N) is 2. The smallest absolute Gasteiger partial charge is 0.321 e. The van der Waals surface area contributed by atoms with Crippen LogP contribution in [0.5, 0.6) is 0 Å². The number of carbonyl (C=O) groups is 2. The van der Waals surface area contributed by atoms with Gasteiger partial charge in [0.1, 0.15) is 6.04 Å². The number of carbonyl (C=O) groups excluding carboxylic acids is 2. The third-order valence-corrected chi connectivity index (χ3v) is 3.06. The molecule has 1 saturated heterocycles. The number of likely N-dealkylation sites (tertiary alicyclic amines) is 1. The first-order valence-electron chi connectivity index (χ1n) is 6.32. The highest BCUT2D eigenvalue weighted by molar-refractivity contribution is 5.93. The van der Waals surface area contributed by atoms with Crippen LogP contribution in [0.4, 0.5) is 10.6 Å². The van der Waals surface area contributed by atoms with Crippen LogP contribution in [0.25, 0.3) is 0 Å². The van der Waals surface area contributed by atoms with Crippen LogP contribution in [0.2, 0.25) is 0 Å². The molecule has 1 unspecified atom stereocenters. The van der Waals surface area contributed by atoms with E-state index in [2.05, 4.69) is 20.9 Å². The Balaban J connectivity index is 1.89. The van der Waals surface area contributed by atoms with Gasteiger partial charge >= 0.3 is 6.03 Å². The number of nitrogens with zero attached hydrogens (tertiary/aromatic N) is 4. The summed E-state index contributed by atoms with van der Waals surface area (Å²) in [6.07, 6.45) is 3.15. The molecule has 1 aliphatic heterocycles. The number of piperidine rings is 1. The first kappa shape index (κ1) is 13.3. The average molecular weight is 266 g/mol. The predicted molar refractivity (Wildman–Crippen MR) is 68.4 cm³/mol. The molecule has 2 heterocycles. The van der Waals surface area contributed by atoms with Crippen molar-refractivity contribution in [3.8, 4) is 0 Å². The van der Waals surface area contributed by atoms with Crippen LogP contribution in [0.15, 0.2) is 6.20 Å². The third kappa shape index (κ3) is 3.21. The van der Waals surface area contributed by atoms with Gasteiger partial charge < -0.3 is 10.2 Å². The van der Waals surface area contributed by atoms with Crippen molar-refractivity contribution in [2.75, 3.05) is 18.4 Å². The lowest BCUT2D eigenvalue weighted by atomic mass is 10.1. The summed E-state index contributed by atoms with van der Waals surface area (Å²) in [5, 5.41) is 12.7. The molecule has 0 spiro atoms. The topological polar surface area (TPSA) is 92.2 Å². The minimum absolute atomic E-state index is 0.0250. The fraction of sp³-hybridized carbons (Fsp3) is 0.636. The highest BCUT2D eigenvalue weighted by atomic mass is 16.2. The Labute approximate surface area is 111 Å². The Morgan fingerprint density at radius 1 is 1.58 bits per heavy atom. The van der Waals surface area contributed by atoms with Crippen molar-refractivity contribution in [1.29, 1.82) is 0 Å². The Hall–Kier alpha value is -2.12. The molecule has 0 bridgehead atoms. The maximum atomic E-state index is 12.0. The molecule has 3 amide bonds. The first-order chi connectivity index (χ1) is 9.10. The van der Waals surface area contributed by atoms with E-state index in [1.54, 1.807) is 18.1 Å². The second-order valence-electron chi connectivity index (χ2n) is 4.49. The second-order valence-corrected chi connectivity index (χ2v) is 4.49. The Bertz CT molecular complexity index is 472. The Morgan fingerprint density at radius 2 is 2.37 bits per heavy atom. The molecular weight excluding hydrogens is 248 g/mol. The highest BCUT2D eigenvalue weighted by Gasteiger charge is 2.28. The number of urea groups is 1. The number of hydrogen-bond donors (Lipinski definition) is 2. The van der Waals surface area contributed by atoms with E-state index in [1.165, 1.54) is 4.68 Å². The second kappa shape index (κ2) is 5.68. The molecule has 0 radical (unpaired) electrons. The minimum atomic E-state index is -0.453. The molecule has 2 N–H and O–H groups in total. The minimum Gasteiger partial charge on any atom is -0.341 e. The van der Waals surface area contributed by atoms with Gasteiger partial charge in [-0.15, -0.1) is 5.10 Å². The van der Waals surface area contributed by atoms with E-state index in [-0.39, 0.29) is 5.91 Å². The zero-order chi connectivity index (χ0) is 13.8. The normalized spacial score (nSPS) is 19.4. The molecule has 1 atom stereocenters. The number of rotatable bonds is 3. The Morgan fingerprint density at radius 3 is 3.00 bits per heavy atom. The number of hydrogen-bond acceptors (Lipinski definition) is 4. The maximum absolute atomic E-state index is 12.0. The quantitative estimate of drug-likeness (QED) is 0.802. The molecule has 0 aliphatic carbocycles. The zero-order valence-electron chi connectivity index (χ0n) is 11.1. The van der Waals surface area contributed by atoms with Crippen LogP contribution in [-0.4, -0.2) is 51.0 Å². The van der Waals surface area contributed by atoms with Gasteiger partial charge in [-0.3, -0.25) is 14.8 Å². The first-order valence-corrected chi connectivity index (χ1v) is 6.32. The van der Waals surface area contributed by atoms with Gasteiger partial charge in [-0.25, -0.2) is 4.79 Å². The van der Waals surface area contributed by atoms with Gasteiger partial charge in [-0.05, 0) is 19.8 Å². The van der Waals surface area contributed by atoms with E-state index in [9.17, 15) is 9.59 Å². The molecular formula is C11H18N6O2. The Kier molecular flexibility index (Phi) is 3.98. The molecule has 0 aromatic carbocycles. The van der Waals surface area contributed by atoms with Crippen molar-refractivity contribution in [3.63, 3.8) is 0 Å². The van der Waals surface area contributed by atoms with Gasteiger partial charge in [0.15, 0.2) is 5.82 Å². The van der Waals surface area contributed by atoms with Gasteiger partial charge in [0, 0.05) is 20.1 Å². The number of aromatic nitrogens is 3. The van der Waals surface area contributed by atoms with Gasteiger partial charge in [0.25, 0.3) is 0 Å². The number of aryl methyl sites for hydroxylation is 1. The number of anilines is 1. The molecule has 1 aromatic rings. The maximum Gasteiger partial charge on any atom is 0.321 e. The summed E-state index contributed by atoms with van der Waals surface area (Å²) < 4.78 is 1.49. The van der Waals surface area contributed by atoms with Crippen molar-refractivity contribution in [1.82, 2.24) is 25.2 Å². The molecule has 8 nitrogen and oxygen atoms in total. The van der Waals surface area contributed by atoms with Gasteiger partial charge in [-0.2, -0.15) is 0 Å². The van der Waals surface area contributed by atoms with Crippen molar-refractivity contribution in [2.24, 2.45) is 7.05 Å². The fourth-order valence-corrected chi connectivity index (χ4v) is 2.10. The van der Waals surface area contributed by atoms with Crippen LogP contribution in [-0.2, 0) is 11.8 Å². The molecule has 1 aromatic heterocycles. The fourth-order valence-electron chi connectivity index (χ4n) is 2.10. The van der Waals surface area contributed by atoms with E-state index in [0.717, 1.165) is 13.0 Å². The van der Waals surface area contributed by atoms with Crippen molar-refractivity contribution >= 4 is 17.8 Å². The molecule has 8 heteroatoms. The number of amides is 3. The van der Waals surface area contributed by atoms with E-state index in [4.69, 9.17) is 0 Å². The average Bonchev–Trinajstić information content (AvgIpc) is 2.77. The highest BCUT2D eigenvalue weighted by Crippen LogP contribution is 2.11. The van der Waals surface area contributed by atoms with Crippen LogP contribution < -0.4 is 10.6 Å². The predicted octanol–water partition coefficient (Wildman–Crippen LogP) is -0.0525. The van der Waals surface area contributed by atoms with Gasteiger partial charge in [0.05, 0.1) is 6.20 Å². The summed E-state index contributed by atoms with van der Waals surface area (Å²) >= 11 is 0. The van der Waals surface area contributed by atoms with Crippen LogP contribution in [0, 0.1) is 0 Å². The summed E-state index contributed by atoms with van der Waals surface area (Å²) in [6, 6.07) is -0.887. The SMILES string of the molecule is CCN1CCCC(NC(=O)Nc2cn(C)nn2)C1=O. The summed E-state index contributed by atoms with van der Waals surface area (Å²) in [5.41, 5.74) is 0. The summed E-state index contributed by atoms with van der Waals surface area (Å²) in [5.74, 6) is 0.332. The lowest BCUT2D eigenvalue weighted by molar-refractivity contribution is -0.135. The van der Waals surface area contributed by atoms with Gasteiger partial charge in [-0.1, -0.05) is 5.21 Å². The van der Waals surface area contributed by atoms with E-state index in [0.29, 0.717) is 18.8 Å². The summed E-state index contributed by atoms with van der Waals surface area (Å²) in [6.45, 7) is 3.36. The largest absolute Gasteiger partial charge is 0.341 e. The molecule has 0 saturated carbocycles. The van der Waals surface area contributed by atoms with E-state index in [1.807, 2.05) is 6.92 Å². The molecule has 1 aliphatic rings. The monoisotopic (exact) mass is 266 g/mol. The molecule has 1 fully saturated rings. The molecule has 2 rings (SSSR count). The zero-order valence-corrected chi connectivity index (χ0v) is 11.1.